The summed E-state index contributed by atoms with van der Waals surface area (Å²) >= 11 is 0. The van der Waals surface area contributed by atoms with Gasteiger partial charge >= 0.3 is 12.1 Å². The fourth-order valence-electron chi connectivity index (χ4n) is 3.32. The molecule has 0 aliphatic carbocycles. The van der Waals surface area contributed by atoms with Crippen molar-refractivity contribution in [2.24, 2.45) is 0 Å². The van der Waals surface area contributed by atoms with Crippen LogP contribution < -0.4 is 16.3 Å². The average molecular weight is 353 g/mol. The lowest BCUT2D eigenvalue weighted by Gasteiger charge is -2.23. The summed E-state index contributed by atoms with van der Waals surface area (Å²) in [4.78, 5) is 35.0. The van der Waals surface area contributed by atoms with Crippen molar-refractivity contribution in [1.29, 1.82) is 0 Å². The Morgan fingerprint density at radius 1 is 1.27 bits per heavy atom. The first-order chi connectivity index (χ1) is 12.7. The Morgan fingerprint density at radius 3 is 2.81 bits per heavy atom. The van der Waals surface area contributed by atoms with Gasteiger partial charge in [-0.05, 0) is 38.1 Å². The largest absolute Gasteiger partial charge is 0.508 e. The zero-order valence-electron chi connectivity index (χ0n) is 13.8. The van der Waals surface area contributed by atoms with E-state index in [1.807, 2.05) is 0 Å². The van der Waals surface area contributed by atoms with E-state index in [4.69, 9.17) is 0 Å². The number of aromatic nitrogens is 4. The minimum Gasteiger partial charge on any atom is -0.508 e. The van der Waals surface area contributed by atoms with Gasteiger partial charge in [-0.25, -0.2) is 14.8 Å². The van der Waals surface area contributed by atoms with Crippen molar-refractivity contribution >= 4 is 23.4 Å². The van der Waals surface area contributed by atoms with E-state index in [1.165, 1.54) is 6.07 Å². The summed E-state index contributed by atoms with van der Waals surface area (Å²) in [6, 6.07) is 6.50. The molecule has 4 N–H and O–H groups in total. The number of phenols is 1. The van der Waals surface area contributed by atoms with Crippen LogP contribution in [-0.4, -0.2) is 44.1 Å². The van der Waals surface area contributed by atoms with Crippen LogP contribution in [0.25, 0.3) is 22.6 Å². The van der Waals surface area contributed by atoms with Crippen LogP contribution in [-0.2, 0) is 4.79 Å². The molecule has 2 aromatic heterocycles. The predicted octanol–water partition coefficient (Wildman–Crippen LogP) is 0.896. The lowest BCUT2D eigenvalue weighted by Crippen LogP contribution is -2.33. The van der Waals surface area contributed by atoms with E-state index in [0.29, 0.717) is 22.6 Å². The van der Waals surface area contributed by atoms with Gasteiger partial charge in [0.25, 0.3) is 0 Å². The number of piperidine rings is 1. The second-order valence-electron chi connectivity index (χ2n) is 6.15. The number of H-pyrrole nitrogens is 1. The number of anilines is 1. The Hall–Kier alpha value is -3.20. The fraction of sp³-hybridized carbons (Fsp3) is 0.294. The number of nitrogens with one attached hydrogen (secondary N) is 3. The molecule has 0 saturated carbocycles. The number of phenolic OH excluding ortho intramolecular Hbond substituents is 1. The highest BCUT2D eigenvalue weighted by atomic mass is 16.3. The number of benzene rings is 1. The number of aromatic amines is 1. The molecule has 0 unspecified atom stereocenters. The smallest absolute Gasteiger partial charge is 0.328 e. The summed E-state index contributed by atoms with van der Waals surface area (Å²) in [5.74, 6) is 0.549. The second kappa shape index (κ2) is 6.60. The van der Waals surface area contributed by atoms with Gasteiger partial charge in [0.05, 0.1) is 0 Å². The molecular weight excluding hydrogens is 336 g/mol. The van der Waals surface area contributed by atoms with E-state index in [2.05, 4.69) is 25.6 Å². The zero-order valence-corrected chi connectivity index (χ0v) is 13.8. The Labute approximate surface area is 148 Å². The summed E-state index contributed by atoms with van der Waals surface area (Å²) in [5.41, 5.74) is 1.07. The van der Waals surface area contributed by atoms with Gasteiger partial charge in [0.15, 0.2) is 17.3 Å². The van der Waals surface area contributed by atoms with Gasteiger partial charge in [-0.2, -0.15) is 0 Å². The zero-order chi connectivity index (χ0) is 18.1. The minimum absolute atomic E-state index is 0.0116. The monoisotopic (exact) mass is 353 g/mol. The molecule has 9 nitrogen and oxygen atoms in total. The van der Waals surface area contributed by atoms with E-state index in [9.17, 15) is 14.7 Å². The van der Waals surface area contributed by atoms with Crippen molar-refractivity contribution in [3.63, 3.8) is 0 Å². The molecule has 1 aliphatic rings. The number of aromatic hydroxyl groups is 1. The summed E-state index contributed by atoms with van der Waals surface area (Å²) in [5, 5.41) is 15.4. The predicted molar refractivity (Wildman–Crippen MR) is 95.7 cm³/mol. The number of rotatable bonds is 4. The van der Waals surface area contributed by atoms with Gasteiger partial charge in [0.1, 0.15) is 11.3 Å². The van der Waals surface area contributed by atoms with Crippen molar-refractivity contribution in [3.05, 3.63) is 34.7 Å². The van der Waals surface area contributed by atoms with Gasteiger partial charge in [0, 0.05) is 11.6 Å². The van der Waals surface area contributed by atoms with Gasteiger partial charge in [-0.1, -0.05) is 12.1 Å². The minimum atomic E-state index is -0.289. The molecule has 1 radical (unpaired) electrons. The number of imidazole rings is 1. The number of carbonyl (C=O) groups excluding carboxylic acids is 1. The highest BCUT2D eigenvalue weighted by Crippen LogP contribution is 2.27. The number of hydrogen-bond acceptors (Lipinski definition) is 6. The standard InChI is InChI=1S/C17H17N6O3/c24-9-19-15-13-16(22-14(21-15)10-2-1-3-12(25)8-10)23(17(26)20-13)11-4-6-18-7-5-11/h1-3,8,11,18,25H,4-7H2,(H,20,26)(H,19,21,22,24). The molecule has 1 amide bonds. The molecule has 0 bridgehead atoms. The Bertz CT molecular complexity index is 1020. The molecule has 1 aliphatic heterocycles. The highest BCUT2D eigenvalue weighted by molar-refractivity contribution is 5.90. The van der Waals surface area contributed by atoms with Gasteiger partial charge in [0.2, 0.25) is 0 Å². The van der Waals surface area contributed by atoms with E-state index in [-0.39, 0.29) is 23.3 Å². The van der Waals surface area contributed by atoms with E-state index < -0.39 is 0 Å². The molecule has 4 rings (SSSR count). The molecule has 0 spiro atoms. The SMILES string of the molecule is O=[C]Nc1nc(-c2cccc(O)c2)nc2c1[nH]c(=O)n2C1CCNCC1. The molecule has 3 aromatic rings. The van der Waals surface area contributed by atoms with Crippen LogP contribution >= 0.6 is 0 Å². The molecule has 9 heteroatoms. The van der Waals surface area contributed by atoms with Crippen molar-refractivity contribution in [2.75, 3.05) is 18.4 Å². The normalized spacial score (nSPS) is 15.2. The Morgan fingerprint density at radius 2 is 2.08 bits per heavy atom. The summed E-state index contributed by atoms with van der Waals surface area (Å²) in [7, 11) is 0. The maximum absolute atomic E-state index is 12.5. The molecular formula is C17H17N6O3. The van der Waals surface area contributed by atoms with Crippen LogP contribution in [0.3, 0.4) is 0 Å². The fourth-order valence-corrected chi connectivity index (χ4v) is 3.32. The van der Waals surface area contributed by atoms with E-state index in [0.717, 1.165) is 25.9 Å². The highest BCUT2D eigenvalue weighted by Gasteiger charge is 2.23. The molecule has 133 valence electrons. The Kier molecular flexibility index (Phi) is 4.13. The van der Waals surface area contributed by atoms with Gasteiger partial charge in [-0.3, -0.25) is 9.36 Å². The van der Waals surface area contributed by atoms with Crippen LogP contribution in [0.15, 0.2) is 29.1 Å². The third kappa shape index (κ3) is 2.82. The quantitative estimate of drug-likeness (QED) is 0.517. The maximum Gasteiger partial charge on any atom is 0.328 e. The first-order valence-corrected chi connectivity index (χ1v) is 8.33. The van der Waals surface area contributed by atoms with E-state index >= 15 is 0 Å². The topological polar surface area (TPSA) is 125 Å². The first kappa shape index (κ1) is 16.3. The lowest BCUT2D eigenvalue weighted by molar-refractivity contribution is 0.367. The molecule has 1 saturated heterocycles. The van der Waals surface area contributed by atoms with Crippen LogP contribution in [0.1, 0.15) is 18.9 Å². The first-order valence-electron chi connectivity index (χ1n) is 8.33. The van der Waals surface area contributed by atoms with Crippen LogP contribution in [0.4, 0.5) is 5.82 Å². The van der Waals surface area contributed by atoms with Crippen molar-refractivity contribution in [1.82, 2.24) is 24.8 Å². The van der Waals surface area contributed by atoms with E-state index in [1.54, 1.807) is 29.2 Å². The summed E-state index contributed by atoms with van der Waals surface area (Å²) in [6.07, 6.45) is 3.21. The summed E-state index contributed by atoms with van der Waals surface area (Å²) < 4.78 is 1.63. The summed E-state index contributed by atoms with van der Waals surface area (Å²) in [6.45, 7) is 1.64. The molecule has 3 heterocycles. The van der Waals surface area contributed by atoms with Gasteiger partial charge in [-0.15, -0.1) is 0 Å². The number of fused-ring (bicyclic) bond motifs is 1. The van der Waals surface area contributed by atoms with Crippen molar-refractivity contribution in [3.8, 4) is 17.1 Å². The van der Waals surface area contributed by atoms with Crippen LogP contribution in [0.2, 0.25) is 0 Å². The average Bonchev–Trinajstić information content (AvgIpc) is 2.99. The molecule has 0 atom stereocenters. The molecule has 1 aromatic carbocycles. The third-order valence-corrected chi connectivity index (χ3v) is 4.52. The number of hydrogen-bond donors (Lipinski definition) is 4. The lowest BCUT2D eigenvalue weighted by atomic mass is 10.1. The van der Waals surface area contributed by atoms with Gasteiger partial charge < -0.3 is 20.7 Å². The number of amides is 1. The third-order valence-electron chi connectivity index (χ3n) is 4.52. The number of nitrogens with zero attached hydrogens (tertiary/aromatic N) is 3. The molecule has 1 fully saturated rings. The van der Waals surface area contributed by atoms with Crippen molar-refractivity contribution < 1.29 is 9.90 Å². The molecule has 26 heavy (non-hydrogen) atoms. The van der Waals surface area contributed by atoms with Crippen LogP contribution in [0.5, 0.6) is 5.75 Å². The van der Waals surface area contributed by atoms with Crippen LogP contribution in [0, 0.1) is 0 Å². The Balaban J connectivity index is 1.94. The second-order valence-corrected chi connectivity index (χ2v) is 6.15. The maximum atomic E-state index is 12.5. The van der Waals surface area contributed by atoms with Crippen molar-refractivity contribution in [2.45, 2.75) is 18.9 Å².